The van der Waals surface area contributed by atoms with Gasteiger partial charge in [-0.25, -0.2) is 4.79 Å². The summed E-state index contributed by atoms with van der Waals surface area (Å²) in [7, 11) is 0. The Balaban J connectivity index is 1.56. The molecule has 4 N–H and O–H groups in total. The molecule has 2 fully saturated rings. The number of aliphatic hydroxyl groups excluding tert-OH is 4. The first-order valence-electron chi connectivity index (χ1n) is 9.18. The van der Waals surface area contributed by atoms with Crippen molar-refractivity contribution >= 4 is 11.9 Å². The van der Waals surface area contributed by atoms with Crippen molar-refractivity contribution in [1.29, 1.82) is 0 Å². The van der Waals surface area contributed by atoms with E-state index in [1.807, 2.05) is 0 Å². The molecule has 3 aliphatic heterocycles. The minimum absolute atomic E-state index is 0.0598. The molecule has 160 valence electrons. The summed E-state index contributed by atoms with van der Waals surface area (Å²) in [6.45, 7) is 0.602. The van der Waals surface area contributed by atoms with Crippen LogP contribution in [0.3, 0.4) is 0 Å². The van der Waals surface area contributed by atoms with Gasteiger partial charge in [0.1, 0.15) is 37.1 Å². The second-order valence-corrected chi connectivity index (χ2v) is 7.35. The maximum Gasteiger partial charge on any atom is 0.338 e. The van der Waals surface area contributed by atoms with E-state index < -0.39 is 73.5 Å². The molecule has 11 nitrogen and oxygen atoms in total. The van der Waals surface area contributed by atoms with E-state index in [2.05, 4.69) is 0 Å². The van der Waals surface area contributed by atoms with Crippen LogP contribution in [-0.2, 0) is 33.3 Å². The van der Waals surface area contributed by atoms with Crippen LogP contribution in [0.1, 0.15) is 6.92 Å². The molecule has 0 aromatic carbocycles. The molecule has 2 saturated heterocycles. The summed E-state index contributed by atoms with van der Waals surface area (Å²) in [6.07, 6.45) is -6.03. The second-order valence-electron chi connectivity index (χ2n) is 7.35. The van der Waals surface area contributed by atoms with Crippen LogP contribution < -0.4 is 0 Å². The maximum absolute atomic E-state index is 12.0. The molecule has 1 aliphatic carbocycles. The number of hydrogen-bond donors (Lipinski definition) is 4. The molecular formula is C18H22O11. The van der Waals surface area contributed by atoms with Crippen LogP contribution >= 0.6 is 0 Å². The SMILES string of the molecule is CC(=O)OCC1=C[C@@H]2OC(=O)C3=CO[C@@H](O[C@H]4O[C@@H](CO)[C@@H](O)[C@@H](O)[C@H]4O)[C@H]1[C@@H]32. The molecule has 4 rings (SSSR count). The zero-order valence-electron chi connectivity index (χ0n) is 15.4. The van der Waals surface area contributed by atoms with Gasteiger partial charge in [0.25, 0.3) is 0 Å². The molecule has 0 aromatic rings. The third kappa shape index (κ3) is 3.43. The number of carbonyl (C=O) groups is 2. The second kappa shape index (κ2) is 7.67. The van der Waals surface area contributed by atoms with Crippen molar-refractivity contribution in [3.63, 3.8) is 0 Å². The quantitative estimate of drug-likeness (QED) is 0.283. The van der Waals surface area contributed by atoms with Gasteiger partial charge < -0.3 is 44.1 Å². The molecule has 0 radical (unpaired) electrons. The zero-order chi connectivity index (χ0) is 20.9. The van der Waals surface area contributed by atoms with E-state index in [-0.39, 0.29) is 6.61 Å². The number of carbonyl (C=O) groups excluding carboxylic acids is 2. The highest BCUT2D eigenvalue weighted by Gasteiger charge is 2.56. The Bertz CT molecular complexity index is 744. The molecule has 0 spiro atoms. The Morgan fingerprint density at radius 3 is 2.59 bits per heavy atom. The third-order valence-corrected chi connectivity index (χ3v) is 5.57. The summed E-state index contributed by atoms with van der Waals surface area (Å²) in [5, 5.41) is 39.4. The molecule has 0 bridgehead atoms. The van der Waals surface area contributed by atoms with Crippen molar-refractivity contribution in [2.75, 3.05) is 13.2 Å². The predicted octanol–water partition coefficient (Wildman–Crippen LogP) is -2.30. The van der Waals surface area contributed by atoms with Crippen molar-refractivity contribution in [1.82, 2.24) is 0 Å². The van der Waals surface area contributed by atoms with Gasteiger partial charge >= 0.3 is 11.9 Å². The van der Waals surface area contributed by atoms with Crippen molar-refractivity contribution in [3.8, 4) is 0 Å². The maximum atomic E-state index is 12.0. The topological polar surface area (TPSA) is 161 Å². The van der Waals surface area contributed by atoms with Gasteiger partial charge in [0, 0.05) is 12.8 Å². The lowest BCUT2D eigenvalue weighted by molar-refractivity contribution is -0.339. The van der Waals surface area contributed by atoms with Crippen LogP contribution in [0.25, 0.3) is 0 Å². The van der Waals surface area contributed by atoms with Crippen LogP contribution in [0, 0.1) is 11.8 Å². The van der Waals surface area contributed by atoms with Crippen molar-refractivity contribution < 1.29 is 53.7 Å². The van der Waals surface area contributed by atoms with Crippen molar-refractivity contribution in [2.24, 2.45) is 11.8 Å². The van der Waals surface area contributed by atoms with Crippen molar-refractivity contribution in [2.45, 2.75) is 50.0 Å². The lowest BCUT2D eigenvalue weighted by Crippen LogP contribution is -2.60. The molecule has 0 unspecified atom stereocenters. The average Bonchev–Trinajstić information content (AvgIpc) is 3.20. The summed E-state index contributed by atoms with van der Waals surface area (Å²) in [4.78, 5) is 23.2. The summed E-state index contributed by atoms with van der Waals surface area (Å²) in [5.74, 6) is -1.99. The van der Waals surface area contributed by atoms with E-state index in [0.717, 1.165) is 0 Å². The Morgan fingerprint density at radius 2 is 1.90 bits per heavy atom. The van der Waals surface area contributed by atoms with Crippen LogP contribution in [-0.4, -0.2) is 88.7 Å². The lowest BCUT2D eigenvalue weighted by atomic mass is 9.84. The summed E-state index contributed by atoms with van der Waals surface area (Å²) in [5.41, 5.74) is 0.936. The van der Waals surface area contributed by atoms with E-state index in [9.17, 15) is 30.0 Å². The highest BCUT2D eigenvalue weighted by Crippen LogP contribution is 2.49. The molecule has 0 saturated carbocycles. The molecule has 0 aromatic heterocycles. The fourth-order valence-electron chi connectivity index (χ4n) is 4.12. The fraction of sp³-hybridized carbons (Fsp3) is 0.667. The monoisotopic (exact) mass is 414 g/mol. The largest absolute Gasteiger partial charge is 0.471 e. The Morgan fingerprint density at radius 1 is 1.14 bits per heavy atom. The Kier molecular flexibility index (Phi) is 5.36. The number of ether oxygens (including phenoxy) is 5. The molecule has 29 heavy (non-hydrogen) atoms. The van der Waals surface area contributed by atoms with Crippen molar-refractivity contribution in [3.05, 3.63) is 23.5 Å². The van der Waals surface area contributed by atoms with E-state index in [1.165, 1.54) is 13.2 Å². The predicted molar refractivity (Wildman–Crippen MR) is 89.4 cm³/mol. The lowest BCUT2D eigenvalue weighted by Gasteiger charge is -2.42. The van der Waals surface area contributed by atoms with Gasteiger partial charge in [-0.1, -0.05) is 0 Å². The average molecular weight is 414 g/mol. The standard InChI is InChI=1S/C18H22O11/c1-6(20)25-4-7-2-9-12-8(16(24)27-9)5-26-17(11(7)12)29-18-15(23)14(22)13(21)10(3-19)28-18/h2,5,9-15,17-19,21-23H,3-4H2,1H3/t9-,10-,11+,12-,13+,14+,15+,17-,18+/m0/s1. The smallest absolute Gasteiger partial charge is 0.338 e. The first kappa shape index (κ1) is 20.3. The van der Waals surface area contributed by atoms with E-state index in [0.29, 0.717) is 11.1 Å². The molecule has 3 heterocycles. The summed E-state index contributed by atoms with van der Waals surface area (Å²) >= 11 is 0. The number of aliphatic hydroxyl groups is 4. The van der Waals surface area contributed by atoms with Crippen LogP contribution in [0.15, 0.2) is 23.5 Å². The molecule has 4 aliphatic rings. The van der Waals surface area contributed by atoms with Gasteiger partial charge in [-0.3, -0.25) is 4.79 Å². The van der Waals surface area contributed by atoms with Gasteiger partial charge in [-0.05, 0) is 11.6 Å². The first-order chi connectivity index (χ1) is 13.8. The number of esters is 2. The van der Waals surface area contributed by atoms with Crippen LogP contribution in [0.4, 0.5) is 0 Å². The molecule has 0 amide bonds. The highest BCUT2D eigenvalue weighted by atomic mass is 16.8. The zero-order valence-corrected chi connectivity index (χ0v) is 15.4. The summed E-state index contributed by atoms with van der Waals surface area (Å²) < 4.78 is 27.0. The fourth-order valence-corrected chi connectivity index (χ4v) is 4.12. The van der Waals surface area contributed by atoms with Gasteiger partial charge in [0.2, 0.25) is 6.29 Å². The van der Waals surface area contributed by atoms with Gasteiger partial charge in [0.05, 0.1) is 24.4 Å². The Labute approximate surface area is 165 Å². The first-order valence-corrected chi connectivity index (χ1v) is 9.18. The molecule has 9 atom stereocenters. The van der Waals surface area contributed by atoms with E-state index in [1.54, 1.807) is 6.08 Å². The molecule has 11 heteroatoms. The van der Waals surface area contributed by atoms with Crippen LogP contribution in [0.2, 0.25) is 0 Å². The van der Waals surface area contributed by atoms with Crippen LogP contribution in [0.5, 0.6) is 0 Å². The summed E-state index contributed by atoms with van der Waals surface area (Å²) in [6, 6.07) is 0. The van der Waals surface area contributed by atoms with Gasteiger partial charge in [-0.15, -0.1) is 0 Å². The number of rotatable bonds is 5. The van der Waals surface area contributed by atoms with Gasteiger partial charge in [-0.2, -0.15) is 0 Å². The third-order valence-electron chi connectivity index (χ3n) is 5.57. The van der Waals surface area contributed by atoms with E-state index in [4.69, 9.17) is 23.7 Å². The van der Waals surface area contributed by atoms with E-state index >= 15 is 0 Å². The minimum atomic E-state index is -1.61. The Hall–Kier alpha value is -2.02. The minimum Gasteiger partial charge on any atom is -0.471 e. The highest BCUT2D eigenvalue weighted by molar-refractivity contribution is 5.92. The normalized spacial score (nSPS) is 43.1. The molecular weight excluding hydrogens is 392 g/mol. The van der Waals surface area contributed by atoms with Gasteiger partial charge in [0.15, 0.2) is 6.29 Å². The number of hydrogen-bond acceptors (Lipinski definition) is 11.